The van der Waals surface area contributed by atoms with E-state index in [1.54, 1.807) is 14.1 Å². The zero-order valence-corrected chi connectivity index (χ0v) is 11.1. The van der Waals surface area contributed by atoms with Gasteiger partial charge in [0.1, 0.15) is 0 Å². The quantitative estimate of drug-likeness (QED) is 0.765. The Hall–Kier alpha value is 0.120. The van der Waals surface area contributed by atoms with Gasteiger partial charge in [0.2, 0.25) is 0 Å². The fourth-order valence-corrected chi connectivity index (χ4v) is 2.84. The maximum absolute atomic E-state index is 11.9. The highest BCUT2D eigenvalue weighted by molar-refractivity contribution is 7.86. The topological polar surface area (TPSA) is 52.7 Å². The lowest BCUT2D eigenvalue weighted by Crippen LogP contribution is -2.45. The summed E-state index contributed by atoms with van der Waals surface area (Å²) in [6.45, 7) is 4.00. The van der Waals surface area contributed by atoms with Crippen molar-refractivity contribution in [3.63, 3.8) is 0 Å². The van der Waals surface area contributed by atoms with Crippen LogP contribution in [0.1, 0.15) is 13.3 Å². The molecule has 1 saturated heterocycles. The lowest BCUT2D eigenvalue weighted by molar-refractivity contribution is 0.348. The first-order chi connectivity index (χ1) is 6.50. The van der Waals surface area contributed by atoms with Crippen molar-refractivity contribution >= 4 is 22.6 Å². The second kappa shape index (κ2) is 6.00. The van der Waals surface area contributed by atoms with Gasteiger partial charge >= 0.3 is 0 Å². The summed E-state index contributed by atoms with van der Waals surface area (Å²) in [7, 11) is 0.0115. The van der Waals surface area contributed by atoms with Gasteiger partial charge in [-0.25, -0.2) is 0 Å². The van der Waals surface area contributed by atoms with E-state index >= 15 is 0 Å². The lowest BCUT2D eigenvalue weighted by atomic mass is 10.3. The highest BCUT2D eigenvalue weighted by atomic mass is 35.5. The zero-order chi connectivity index (χ0) is 10.8. The van der Waals surface area contributed by atoms with E-state index in [9.17, 15) is 8.42 Å². The molecule has 0 saturated carbocycles. The second-order valence-corrected chi connectivity index (χ2v) is 5.68. The second-order valence-electron chi connectivity index (χ2n) is 3.58. The molecular formula is C8H20ClN3O2S. The van der Waals surface area contributed by atoms with E-state index in [1.807, 2.05) is 6.92 Å². The largest absolute Gasteiger partial charge is 0.315 e. The van der Waals surface area contributed by atoms with Gasteiger partial charge in [0.25, 0.3) is 10.2 Å². The minimum atomic E-state index is -3.25. The molecule has 15 heavy (non-hydrogen) atoms. The molecule has 5 nitrogen and oxygen atoms in total. The maximum atomic E-state index is 11.9. The van der Waals surface area contributed by atoms with Crippen molar-refractivity contribution in [1.29, 1.82) is 0 Å². The van der Waals surface area contributed by atoms with Crippen molar-refractivity contribution in [2.45, 2.75) is 19.4 Å². The van der Waals surface area contributed by atoms with Crippen molar-refractivity contribution in [1.82, 2.24) is 13.9 Å². The first kappa shape index (κ1) is 15.1. The van der Waals surface area contributed by atoms with E-state index in [-0.39, 0.29) is 18.4 Å². The average molecular weight is 258 g/mol. The molecule has 92 valence electrons. The Morgan fingerprint density at radius 2 is 2.00 bits per heavy atom. The summed E-state index contributed by atoms with van der Waals surface area (Å²) >= 11 is 0. The molecule has 1 N–H and O–H groups in total. The van der Waals surface area contributed by atoms with Crippen LogP contribution in [0.25, 0.3) is 0 Å². The molecular weight excluding hydrogens is 238 g/mol. The molecule has 0 bridgehead atoms. The van der Waals surface area contributed by atoms with Crippen LogP contribution in [-0.2, 0) is 10.2 Å². The Morgan fingerprint density at radius 3 is 2.40 bits per heavy atom. The third kappa shape index (κ3) is 3.29. The number of likely N-dealkylation sites (N-methyl/N-ethyl adjacent to an activating group) is 1. The summed E-state index contributed by atoms with van der Waals surface area (Å²) in [6.07, 6.45) is 0.896. The Labute approximate surface area is 98.4 Å². The number of hydrogen-bond donors (Lipinski definition) is 1. The SMILES string of the molecule is CCN(C)S(=O)(=O)N(C)C1CCNC1.Cl. The Morgan fingerprint density at radius 1 is 1.40 bits per heavy atom. The zero-order valence-electron chi connectivity index (χ0n) is 9.43. The fourth-order valence-electron chi connectivity index (χ4n) is 1.52. The summed E-state index contributed by atoms with van der Waals surface area (Å²) in [5, 5.41) is 3.16. The minimum Gasteiger partial charge on any atom is -0.315 e. The van der Waals surface area contributed by atoms with Gasteiger partial charge < -0.3 is 5.32 Å². The van der Waals surface area contributed by atoms with Crippen molar-refractivity contribution in [2.75, 3.05) is 33.7 Å². The third-order valence-electron chi connectivity index (χ3n) is 2.75. The third-order valence-corrected chi connectivity index (χ3v) is 4.82. The minimum absolute atomic E-state index is 0. The van der Waals surface area contributed by atoms with Crippen LogP contribution in [0.4, 0.5) is 0 Å². The molecule has 1 heterocycles. The lowest BCUT2D eigenvalue weighted by Gasteiger charge is -2.27. The number of nitrogens with one attached hydrogen (secondary N) is 1. The first-order valence-corrected chi connectivity index (χ1v) is 6.30. The monoisotopic (exact) mass is 257 g/mol. The van der Waals surface area contributed by atoms with Gasteiger partial charge in [0, 0.05) is 33.2 Å². The highest BCUT2D eigenvalue weighted by Gasteiger charge is 2.30. The van der Waals surface area contributed by atoms with Crippen LogP contribution < -0.4 is 5.32 Å². The molecule has 0 aromatic heterocycles. The van der Waals surface area contributed by atoms with E-state index < -0.39 is 10.2 Å². The van der Waals surface area contributed by atoms with Crippen molar-refractivity contribution in [3.05, 3.63) is 0 Å². The molecule has 1 aliphatic rings. The fraction of sp³-hybridized carbons (Fsp3) is 1.00. The van der Waals surface area contributed by atoms with Crippen LogP contribution in [0.2, 0.25) is 0 Å². The van der Waals surface area contributed by atoms with Crippen molar-refractivity contribution in [3.8, 4) is 0 Å². The van der Waals surface area contributed by atoms with Crippen molar-refractivity contribution in [2.24, 2.45) is 0 Å². The molecule has 0 amide bonds. The van der Waals surface area contributed by atoms with E-state index in [4.69, 9.17) is 0 Å². The van der Waals surface area contributed by atoms with Crippen LogP contribution in [0, 0.1) is 0 Å². The average Bonchev–Trinajstić information content (AvgIpc) is 2.67. The van der Waals surface area contributed by atoms with Gasteiger partial charge in [0.15, 0.2) is 0 Å². The van der Waals surface area contributed by atoms with Crippen LogP contribution in [-0.4, -0.2) is 56.8 Å². The molecule has 1 fully saturated rings. The molecule has 0 aromatic rings. The summed E-state index contributed by atoms with van der Waals surface area (Å²) in [6, 6.07) is 0.106. The molecule has 0 aromatic carbocycles. The normalized spacial score (nSPS) is 22.1. The van der Waals surface area contributed by atoms with E-state index in [2.05, 4.69) is 5.32 Å². The van der Waals surface area contributed by atoms with E-state index in [1.165, 1.54) is 8.61 Å². The van der Waals surface area contributed by atoms with Crippen LogP contribution >= 0.6 is 12.4 Å². The molecule has 0 radical (unpaired) electrons. The van der Waals surface area contributed by atoms with Gasteiger partial charge in [-0.1, -0.05) is 6.92 Å². The molecule has 1 rings (SSSR count). The summed E-state index contributed by atoms with van der Waals surface area (Å²) < 4.78 is 26.6. The number of nitrogens with zero attached hydrogens (tertiary/aromatic N) is 2. The van der Waals surface area contributed by atoms with Crippen LogP contribution in [0.15, 0.2) is 0 Å². The van der Waals surface area contributed by atoms with Gasteiger partial charge in [-0.05, 0) is 13.0 Å². The predicted octanol–water partition coefficient (Wildman–Crippen LogP) is -0.102. The van der Waals surface area contributed by atoms with Gasteiger partial charge in [-0.3, -0.25) is 0 Å². The smallest absolute Gasteiger partial charge is 0.281 e. The Kier molecular flexibility index (Phi) is 6.05. The molecule has 1 unspecified atom stereocenters. The molecule has 7 heteroatoms. The summed E-state index contributed by atoms with van der Waals surface area (Å²) in [5.41, 5.74) is 0. The number of hydrogen-bond acceptors (Lipinski definition) is 3. The van der Waals surface area contributed by atoms with Gasteiger partial charge in [-0.15, -0.1) is 12.4 Å². The molecule has 1 aliphatic heterocycles. The Balaban J connectivity index is 0.00000196. The van der Waals surface area contributed by atoms with Gasteiger partial charge in [-0.2, -0.15) is 17.0 Å². The Bertz CT molecular complexity index is 278. The van der Waals surface area contributed by atoms with Gasteiger partial charge in [0.05, 0.1) is 0 Å². The predicted molar refractivity (Wildman–Crippen MR) is 63.5 cm³/mol. The standard InChI is InChI=1S/C8H19N3O2S.ClH/c1-4-10(2)14(12,13)11(3)8-5-6-9-7-8;/h8-9H,4-7H2,1-3H3;1H. The van der Waals surface area contributed by atoms with Crippen LogP contribution in [0.5, 0.6) is 0 Å². The maximum Gasteiger partial charge on any atom is 0.281 e. The van der Waals surface area contributed by atoms with Crippen LogP contribution in [0.3, 0.4) is 0 Å². The summed E-state index contributed by atoms with van der Waals surface area (Å²) in [5.74, 6) is 0. The van der Waals surface area contributed by atoms with Crippen molar-refractivity contribution < 1.29 is 8.42 Å². The molecule has 0 aliphatic carbocycles. The first-order valence-electron chi connectivity index (χ1n) is 4.90. The number of halogens is 1. The molecule has 1 atom stereocenters. The van der Waals surface area contributed by atoms with E-state index in [0.717, 1.165) is 19.5 Å². The highest BCUT2D eigenvalue weighted by Crippen LogP contribution is 2.13. The molecule has 0 spiro atoms. The number of rotatable bonds is 4. The van der Waals surface area contributed by atoms with E-state index in [0.29, 0.717) is 6.54 Å². The summed E-state index contributed by atoms with van der Waals surface area (Å²) in [4.78, 5) is 0.